The molecule has 0 aliphatic carbocycles. The minimum Gasteiger partial charge on any atom is -0.463 e. The Labute approximate surface area is 141 Å². The molecular weight excluding hydrogens is 324 g/mol. The van der Waals surface area contributed by atoms with E-state index in [0.717, 1.165) is 0 Å². The van der Waals surface area contributed by atoms with Gasteiger partial charge in [-0.3, -0.25) is 14.4 Å². The molecule has 9 nitrogen and oxygen atoms in total. The lowest BCUT2D eigenvalue weighted by Crippen LogP contribution is -2.52. The maximum atomic E-state index is 11.5. The van der Waals surface area contributed by atoms with Gasteiger partial charge in [0.05, 0.1) is 6.61 Å². The Kier molecular flexibility index (Phi) is 10.9. The van der Waals surface area contributed by atoms with E-state index in [-0.39, 0.29) is 13.2 Å². The van der Waals surface area contributed by atoms with Crippen molar-refractivity contribution in [2.24, 2.45) is 0 Å². The first kappa shape index (κ1) is 22.3. The first-order valence-corrected chi connectivity index (χ1v) is 7.29. The first-order chi connectivity index (χ1) is 11.3. The van der Waals surface area contributed by atoms with Crippen molar-refractivity contribution in [1.82, 2.24) is 0 Å². The zero-order valence-electron chi connectivity index (χ0n) is 14.9. The summed E-state index contributed by atoms with van der Waals surface area (Å²) in [6, 6.07) is 0. The number of carbonyl (C=O) groups is 3. The number of esters is 3. The van der Waals surface area contributed by atoms with Crippen LogP contribution in [-0.2, 0) is 42.8 Å². The predicted octanol–water partition coefficient (Wildman–Crippen LogP) is 0.0893. The smallest absolute Gasteiger partial charge is 0.303 e. The largest absolute Gasteiger partial charge is 0.463 e. The van der Waals surface area contributed by atoms with E-state index in [0.29, 0.717) is 0 Å². The van der Waals surface area contributed by atoms with E-state index in [9.17, 15) is 14.4 Å². The Morgan fingerprint density at radius 3 is 1.67 bits per heavy atom. The van der Waals surface area contributed by atoms with E-state index in [1.807, 2.05) is 0 Å². The van der Waals surface area contributed by atoms with Crippen LogP contribution >= 0.6 is 0 Å². The van der Waals surface area contributed by atoms with Gasteiger partial charge in [0, 0.05) is 42.1 Å². The first-order valence-electron chi connectivity index (χ1n) is 7.29. The van der Waals surface area contributed by atoms with Gasteiger partial charge in [-0.1, -0.05) is 0 Å². The van der Waals surface area contributed by atoms with Crippen molar-refractivity contribution in [3.05, 3.63) is 0 Å². The van der Waals surface area contributed by atoms with Gasteiger partial charge in [-0.25, -0.2) is 0 Å². The third-order valence-corrected chi connectivity index (χ3v) is 3.03. The molecule has 0 unspecified atom stereocenters. The summed E-state index contributed by atoms with van der Waals surface area (Å²) in [6.45, 7) is 3.54. The summed E-state index contributed by atoms with van der Waals surface area (Å²) in [6.07, 6.45) is -3.55. The lowest BCUT2D eigenvalue weighted by molar-refractivity contribution is -0.196. The molecule has 0 saturated heterocycles. The molecule has 0 saturated carbocycles. The molecule has 0 spiro atoms. The van der Waals surface area contributed by atoms with Gasteiger partial charge in [-0.15, -0.1) is 0 Å². The second-order valence-electron chi connectivity index (χ2n) is 4.95. The average Bonchev–Trinajstić information content (AvgIpc) is 2.48. The number of ether oxygens (including phenoxy) is 6. The zero-order chi connectivity index (χ0) is 18.7. The highest BCUT2D eigenvalue weighted by molar-refractivity contribution is 5.67. The summed E-state index contributed by atoms with van der Waals surface area (Å²) in [7, 11) is 4.18. The SMILES string of the molecule is COC[C@@H](OC(C)=O)[C@@H](OC(C)=O)[C@H](OC)[C@H](COC(C)=O)OC. The maximum absolute atomic E-state index is 11.5. The van der Waals surface area contributed by atoms with Crippen LogP contribution in [0, 0.1) is 0 Å². The normalized spacial score (nSPS) is 15.8. The molecule has 0 radical (unpaired) electrons. The van der Waals surface area contributed by atoms with Gasteiger partial charge in [0.25, 0.3) is 0 Å². The number of hydrogen-bond acceptors (Lipinski definition) is 9. The zero-order valence-corrected chi connectivity index (χ0v) is 14.9. The lowest BCUT2D eigenvalue weighted by atomic mass is 10.0. The summed E-state index contributed by atoms with van der Waals surface area (Å²) < 4.78 is 31.0. The number of methoxy groups -OCH3 is 3. The molecular formula is C15H26O9. The summed E-state index contributed by atoms with van der Waals surface area (Å²) in [5.41, 5.74) is 0. The topological polar surface area (TPSA) is 107 Å². The minimum absolute atomic E-state index is 0.0264. The molecule has 140 valence electrons. The van der Waals surface area contributed by atoms with E-state index in [4.69, 9.17) is 28.4 Å². The molecule has 9 heteroatoms. The van der Waals surface area contributed by atoms with Crippen molar-refractivity contribution in [2.75, 3.05) is 34.5 Å². The van der Waals surface area contributed by atoms with Crippen LogP contribution in [0.2, 0.25) is 0 Å². The fraction of sp³-hybridized carbons (Fsp3) is 0.800. The van der Waals surface area contributed by atoms with Crippen LogP contribution in [0.1, 0.15) is 20.8 Å². The summed E-state index contributed by atoms with van der Waals surface area (Å²) in [4.78, 5) is 33.8. The second-order valence-corrected chi connectivity index (χ2v) is 4.95. The van der Waals surface area contributed by atoms with Crippen LogP contribution in [0.4, 0.5) is 0 Å². The van der Waals surface area contributed by atoms with Crippen LogP contribution in [0.5, 0.6) is 0 Å². The molecule has 0 aromatic rings. The van der Waals surface area contributed by atoms with E-state index < -0.39 is 42.3 Å². The number of carbonyl (C=O) groups excluding carboxylic acids is 3. The van der Waals surface area contributed by atoms with Crippen LogP contribution in [-0.4, -0.2) is 76.9 Å². The molecule has 0 N–H and O–H groups in total. The Bertz CT molecular complexity index is 410. The predicted molar refractivity (Wildman–Crippen MR) is 81.2 cm³/mol. The van der Waals surface area contributed by atoms with Crippen molar-refractivity contribution >= 4 is 17.9 Å². The van der Waals surface area contributed by atoms with Gasteiger partial charge in [-0.05, 0) is 0 Å². The van der Waals surface area contributed by atoms with Crippen LogP contribution in [0.25, 0.3) is 0 Å². The summed E-state index contributed by atoms with van der Waals surface area (Å²) in [5.74, 6) is -1.67. The monoisotopic (exact) mass is 350 g/mol. The highest BCUT2D eigenvalue weighted by Crippen LogP contribution is 2.18. The van der Waals surface area contributed by atoms with Crippen LogP contribution in [0.3, 0.4) is 0 Å². The minimum atomic E-state index is -1.02. The Balaban J connectivity index is 5.46. The summed E-state index contributed by atoms with van der Waals surface area (Å²) in [5, 5.41) is 0. The fourth-order valence-corrected chi connectivity index (χ4v) is 2.11. The molecule has 0 aromatic heterocycles. The molecule has 24 heavy (non-hydrogen) atoms. The summed E-state index contributed by atoms with van der Waals surface area (Å²) >= 11 is 0. The average molecular weight is 350 g/mol. The Hall–Kier alpha value is -1.71. The molecule has 0 fully saturated rings. The third-order valence-electron chi connectivity index (χ3n) is 3.03. The number of hydrogen-bond donors (Lipinski definition) is 0. The third kappa shape index (κ3) is 8.23. The highest BCUT2D eigenvalue weighted by atomic mass is 16.6. The van der Waals surface area contributed by atoms with Gasteiger partial charge in [0.2, 0.25) is 0 Å². The van der Waals surface area contributed by atoms with Crippen molar-refractivity contribution < 1.29 is 42.8 Å². The van der Waals surface area contributed by atoms with Crippen molar-refractivity contribution in [3.63, 3.8) is 0 Å². The van der Waals surface area contributed by atoms with E-state index in [1.54, 1.807) is 0 Å². The van der Waals surface area contributed by atoms with Crippen LogP contribution in [0.15, 0.2) is 0 Å². The van der Waals surface area contributed by atoms with Gasteiger partial charge >= 0.3 is 17.9 Å². The Morgan fingerprint density at radius 1 is 0.708 bits per heavy atom. The molecule has 0 aliphatic heterocycles. The quantitative estimate of drug-likeness (QED) is 0.378. The van der Waals surface area contributed by atoms with Crippen molar-refractivity contribution in [1.29, 1.82) is 0 Å². The maximum Gasteiger partial charge on any atom is 0.303 e. The molecule has 0 amide bonds. The molecule has 0 rings (SSSR count). The van der Waals surface area contributed by atoms with E-state index in [2.05, 4.69) is 0 Å². The standard InChI is InChI=1S/C15H26O9/c1-9(16)22-8-12(20-5)14(21-6)15(24-11(3)18)13(7-19-4)23-10(2)17/h12-15H,7-8H2,1-6H3/t12-,13+,14+,15+/m0/s1. The number of rotatable bonds is 11. The van der Waals surface area contributed by atoms with Crippen molar-refractivity contribution in [2.45, 2.75) is 45.2 Å². The van der Waals surface area contributed by atoms with E-state index in [1.165, 1.54) is 42.1 Å². The van der Waals surface area contributed by atoms with Gasteiger partial charge in [-0.2, -0.15) is 0 Å². The van der Waals surface area contributed by atoms with Crippen LogP contribution < -0.4 is 0 Å². The van der Waals surface area contributed by atoms with E-state index >= 15 is 0 Å². The fourth-order valence-electron chi connectivity index (χ4n) is 2.11. The Morgan fingerprint density at radius 2 is 1.29 bits per heavy atom. The molecule has 0 heterocycles. The molecule has 0 aliphatic rings. The molecule has 0 aromatic carbocycles. The van der Waals surface area contributed by atoms with Gasteiger partial charge in [0.1, 0.15) is 18.8 Å². The van der Waals surface area contributed by atoms with Crippen molar-refractivity contribution in [3.8, 4) is 0 Å². The van der Waals surface area contributed by atoms with Gasteiger partial charge in [0.15, 0.2) is 12.2 Å². The molecule has 0 bridgehead atoms. The highest BCUT2D eigenvalue weighted by Gasteiger charge is 2.40. The lowest BCUT2D eigenvalue weighted by Gasteiger charge is -2.34. The van der Waals surface area contributed by atoms with Gasteiger partial charge < -0.3 is 28.4 Å². The second kappa shape index (κ2) is 11.8. The molecule has 4 atom stereocenters.